The predicted molar refractivity (Wildman–Crippen MR) is 90.8 cm³/mol. The highest BCUT2D eigenvalue weighted by atomic mass is 35.5. The lowest BCUT2D eigenvalue weighted by molar-refractivity contribution is 0.528. The Bertz CT molecular complexity index is 379. The van der Waals surface area contributed by atoms with E-state index in [-0.39, 0.29) is 6.04 Å². The van der Waals surface area contributed by atoms with E-state index in [9.17, 15) is 0 Å². The maximum absolute atomic E-state index is 6.19. The third-order valence-electron chi connectivity index (χ3n) is 3.69. The third kappa shape index (κ3) is 6.97. The summed E-state index contributed by atoms with van der Waals surface area (Å²) in [6.45, 7) is 2.25. The maximum atomic E-state index is 6.19. The van der Waals surface area contributed by atoms with E-state index >= 15 is 0 Å². The van der Waals surface area contributed by atoms with Crippen molar-refractivity contribution in [2.75, 3.05) is 0 Å². The van der Waals surface area contributed by atoms with Gasteiger partial charge in [0.1, 0.15) is 0 Å². The Morgan fingerprint density at radius 2 is 1.65 bits per heavy atom. The number of unbranched alkanes of at least 4 members (excludes halogenated alkanes) is 6. The fourth-order valence-corrected chi connectivity index (χ4v) is 2.85. The summed E-state index contributed by atoms with van der Waals surface area (Å²) in [6, 6.07) is 5.94. The zero-order valence-electron chi connectivity index (χ0n) is 12.5. The standard InChI is InChI=1S/C17H27Cl2N/c1-2-3-4-5-6-7-8-11-15(20)13-14-10-9-12-16(18)17(14)19/h9-10,12,15H,2-8,11,13,20H2,1H3. The maximum Gasteiger partial charge on any atom is 0.0624 e. The van der Waals surface area contributed by atoms with Crippen LogP contribution in [0.5, 0.6) is 0 Å². The summed E-state index contributed by atoms with van der Waals surface area (Å²) in [5.74, 6) is 0. The van der Waals surface area contributed by atoms with Crippen LogP contribution in [0.1, 0.15) is 63.9 Å². The Kier molecular flexibility index (Phi) is 9.33. The van der Waals surface area contributed by atoms with Crippen molar-refractivity contribution < 1.29 is 0 Å². The van der Waals surface area contributed by atoms with E-state index in [1.165, 1.54) is 44.9 Å². The van der Waals surface area contributed by atoms with Crippen LogP contribution in [-0.2, 0) is 6.42 Å². The van der Waals surface area contributed by atoms with Crippen LogP contribution in [0.15, 0.2) is 18.2 Å². The molecule has 0 radical (unpaired) electrons. The van der Waals surface area contributed by atoms with Crippen LogP contribution in [0, 0.1) is 0 Å². The van der Waals surface area contributed by atoms with Crippen molar-refractivity contribution in [2.24, 2.45) is 5.73 Å². The van der Waals surface area contributed by atoms with Crippen LogP contribution in [-0.4, -0.2) is 6.04 Å². The zero-order valence-corrected chi connectivity index (χ0v) is 14.0. The van der Waals surface area contributed by atoms with E-state index in [2.05, 4.69) is 6.92 Å². The molecular formula is C17H27Cl2N. The van der Waals surface area contributed by atoms with Crippen molar-refractivity contribution in [3.05, 3.63) is 33.8 Å². The molecule has 0 aliphatic carbocycles. The average Bonchev–Trinajstić information content (AvgIpc) is 2.43. The van der Waals surface area contributed by atoms with Gasteiger partial charge in [-0.15, -0.1) is 0 Å². The summed E-state index contributed by atoms with van der Waals surface area (Å²) in [7, 11) is 0. The first-order valence-corrected chi connectivity index (χ1v) is 8.59. The van der Waals surface area contributed by atoms with Gasteiger partial charge in [0.05, 0.1) is 10.0 Å². The highest BCUT2D eigenvalue weighted by Gasteiger charge is 2.09. The first-order chi connectivity index (χ1) is 9.65. The van der Waals surface area contributed by atoms with Gasteiger partial charge in [0, 0.05) is 6.04 Å². The van der Waals surface area contributed by atoms with E-state index in [0.717, 1.165) is 18.4 Å². The first-order valence-electron chi connectivity index (χ1n) is 7.83. The molecule has 1 aromatic carbocycles. The average molecular weight is 316 g/mol. The summed E-state index contributed by atoms with van der Waals surface area (Å²) < 4.78 is 0. The molecule has 0 spiro atoms. The molecule has 0 aliphatic rings. The van der Waals surface area contributed by atoms with E-state index in [1.54, 1.807) is 0 Å². The summed E-state index contributed by atoms with van der Waals surface area (Å²) in [4.78, 5) is 0. The van der Waals surface area contributed by atoms with Crippen molar-refractivity contribution in [1.82, 2.24) is 0 Å². The van der Waals surface area contributed by atoms with Crippen molar-refractivity contribution in [2.45, 2.75) is 70.8 Å². The molecule has 0 fully saturated rings. The second-order valence-corrected chi connectivity index (χ2v) is 6.37. The minimum atomic E-state index is 0.182. The molecule has 0 saturated heterocycles. The molecule has 1 nitrogen and oxygen atoms in total. The van der Waals surface area contributed by atoms with Gasteiger partial charge in [-0.05, 0) is 24.5 Å². The van der Waals surface area contributed by atoms with Gasteiger partial charge in [-0.25, -0.2) is 0 Å². The second-order valence-electron chi connectivity index (χ2n) is 5.59. The van der Waals surface area contributed by atoms with E-state index in [0.29, 0.717) is 10.0 Å². The van der Waals surface area contributed by atoms with Gasteiger partial charge < -0.3 is 5.73 Å². The number of hydrogen-bond acceptors (Lipinski definition) is 1. The molecule has 1 unspecified atom stereocenters. The van der Waals surface area contributed by atoms with Crippen LogP contribution in [0.2, 0.25) is 10.0 Å². The molecule has 20 heavy (non-hydrogen) atoms. The fourth-order valence-electron chi connectivity index (χ4n) is 2.45. The van der Waals surface area contributed by atoms with Crippen LogP contribution < -0.4 is 5.73 Å². The van der Waals surface area contributed by atoms with Crippen LogP contribution in [0.25, 0.3) is 0 Å². The van der Waals surface area contributed by atoms with Crippen LogP contribution in [0.4, 0.5) is 0 Å². The number of hydrogen-bond donors (Lipinski definition) is 1. The van der Waals surface area contributed by atoms with E-state index in [1.807, 2.05) is 18.2 Å². The molecule has 1 atom stereocenters. The SMILES string of the molecule is CCCCCCCCCC(N)Cc1cccc(Cl)c1Cl. The van der Waals surface area contributed by atoms with Gasteiger partial charge in [0.25, 0.3) is 0 Å². The van der Waals surface area contributed by atoms with Gasteiger partial charge in [-0.2, -0.15) is 0 Å². The lowest BCUT2D eigenvalue weighted by Crippen LogP contribution is -2.22. The summed E-state index contributed by atoms with van der Waals surface area (Å²) in [5.41, 5.74) is 7.25. The quantitative estimate of drug-likeness (QED) is 0.526. The van der Waals surface area contributed by atoms with Gasteiger partial charge in [0.2, 0.25) is 0 Å². The highest BCUT2D eigenvalue weighted by Crippen LogP contribution is 2.26. The van der Waals surface area contributed by atoms with Crippen molar-refractivity contribution in [1.29, 1.82) is 0 Å². The van der Waals surface area contributed by atoms with Gasteiger partial charge in [-0.1, -0.05) is 87.2 Å². The zero-order chi connectivity index (χ0) is 14.8. The topological polar surface area (TPSA) is 26.0 Å². The molecule has 1 rings (SSSR count). The van der Waals surface area contributed by atoms with Gasteiger partial charge in [0.15, 0.2) is 0 Å². The predicted octanol–water partition coefficient (Wildman–Crippen LogP) is 6.00. The van der Waals surface area contributed by atoms with Crippen LogP contribution in [0.3, 0.4) is 0 Å². The lowest BCUT2D eigenvalue weighted by Gasteiger charge is -2.13. The summed E-state index contributed by atoms with van der Waals surface area (Å²) in [5, 5.41) is 1.27. The van der Waals surface area contributed by atoms with Gasteiger partial charge >= 0.3 is 0 Å². The largest absolute Gasteiger partial charge is 0.327 e. The van der Waals surface area contributed by atoms with Crippen LogP contribution >= 0.6 is 23.2 Å². The Hall–Kier alpha value is -0.240. The molecule has 114 valence electrons. The Labute approximate surface area is 133 Å². The van der Waals surface area contributed by atoms with Crippen molar-refractivity contribution in [3.8, 4) is 0 Å². The lowest BCUT2D eigenvalue weighted by atomic mass is 10.00. The number of nitrogens with two attached hydrogens (primary N) is 1. The Balaban J connectivity index is 2.17. The molecule has 3 heteroatoms. The van der Waals surface area contributed by atoms with Crippen molar-refractivity contribution >= 4 is 23.2 Å². The smallest absolute Gasteiger partial charge is 0.0624 e. The summed E-state index contributed by atoms with van der Waals surface area (Å²) in [6.07, 6.45) is 11.1. The highest BCUT2D eigenvalue weighted by molar-refractivity contribution is 6.42. The minimum Gasteiger partial charge on any atom is -0.327 e. The molecule has 0 aliphatic heterocycles. The number of benzene rings is 1. The molecule has 2 N–H and O–H groups in total. The molecule has 0 heterocycles. The first kappa shape index (κ1) is 17.8. The van der Waals surface area contributed by atoms with Gasteiger partial charge in [-0.3, -0.25) is 0 Å². The number of halogens is 2. The fraction of sp³-hybridized carbons (Fsp3) is 0.647. The third-order valence-corrected chi connectivity index (χ3v) is 4.55. The molecule has 0 bridgehead atoms. The molecule has 0 saturated carbocycles. The van der Waals surface area contributed by atoms with E-state index < -0.39 is 0 Å². The monoisotopic (exact) mass is 315 g/mol. The Morgan fingerprint density at radius 3 is 2.35 bits per heavy atom. The summed E-state index contributed by atoms with van der Waals surface area (Å²) >= 11 is 12.2. The molecule has 0 amide bonds. The Morgan fingerprint density at radius 1 is 1.00 bits per heavy atom. The normalized spacial score (nSPS) is 12.6. The van der Waals surface area contributed by atoms with E-state index in [4.69, 9.17) is 28.9 Å². The molecule has 1 aromatic rings. The molecule has 0 aromatic heterocycles. The minimum absolute atomic E-state index is 0.182. The van der Waals surface area contributed by atoms with Crippen molar-refractivity contribution in [3.63, 3.8) is 0 Å². The second kappa shape index (κ2) is 10.5. The molecular weight excluding hydrogens is 289 g/mol. The number of rotatable bonds is 10.